The highest BCUT2D eigenvalue weighted by atomic mass is 32.2. The van der Waals surface area contributed by atoms with Gasteiger partial charge < -0.3 is 5.11 Å². The van der Waals surface area contributed by atoms with E-state index in [-0.39, 0.29) is 10.6 Å². The van der Waals surface area contributed by atoms with Crippen LogP contribution in [0.2, 0.25) is 0 Å². The Morgan fingerprint density at radius 2 is 1.65 bits per heavy atom. The van der Waals surface area contributed by atoms with Crippen LogP contribution in [0.5, 0.6) is 5.75 Å². The molecule has 0 spiro atoms. The zero-order chi connectivity index (χ0) is 21.8. The first-order valence-corrected chi connectivity index (χ1v) is 11.0. The van der Waals surface area contributed by atoms with Crippen LogP contribution in [-0.4, -0.2) is 23.1 Å². The molecular formula is C25H19NO4S. The number of aromatic nitrogens is 1. The molecule has 154 valence electrons. The second-order valence-corrected chi connectivity index (χ2v) is 8.55. The van der Waals surface area contributed by atoms with Gasteiger partial charge in [-0.2, -0.15) is 8.42 Å². The van der Waals surface area contributed by atoms with E-state index >= 15 is 0 Å². The van der Waals surface area contributed by atoms with Crippen LogP contribution in [0.15, 0.2) is 83.9 Å². The minimum Gasteiger partial charge on any atom is -0.507 e. The fraction of sp³-hybridized carbons (Fsp3) is 0.0800. The van der Waals surface area contributed by atoms with E-state index < -0.39 is 10.1 Å². The predicted molar refractivity (Wildman–Crippen MR) is 119 cm³/mol. The van der Waals surface area contributed by atoms with Crippen LogP contribution in [0, 0.1) is 11.8 Å². The number of fused-ring (bicyclic) bond motifs is 1. The fourth-order valence-corrected chi connectivity index (χ4v) is 3.75. The molecule has 0 aliphatic rings. The highest BCUT2D eigenvalue weighted by Crippen LogP contribution is 2.29. The molecular weight excluding hydrogens is 410 g/mol. The van der Waals surface area contributed by atoms with E-state index in [1.54, 1.807) is 18.3 Å². The van der Waals surface area contributed by atoms with Crippen LogP contribution in [0.1, 0.15) is 22.3 Å². The van der Waals surface area contributed by atoms with Crippen LogP contribution in [0.4, 0.5) is 0 Å². The first-order chi connectivity index (χ1) is 14.9. The second kappa shape index (κ2) is 8.60. The first kappa shape index (κ1) is 20.6. The Labute approximate surface area is 180 Å². The van der Waals surface area contributed by atoms with E-state index in [2.05, 4.69) is 16.8 Å². The largest absolute Gasteiger partial charge is 0.507 e. The molecule has 0 radical (unpaired) electrons. The van der Waals surface area contributed by atoms with Crippen molar-refractivity contribution < 1.29 is 18.1 Å². The summed E-state index contributed by atoms with van der Waals surface area (Å²) in [6.45, 7) is 0. The summed E-state index contributed by atoms with van der Waals surface area (Å²) >= 11 is 0. The summed E-state index contributed by atoms with van der Waals surface area (Å²) in [6, 6.07) is 21.3. The van der Waals surface area contributed by atoms with Gasteiger partial charge in [0.2, 0.25) is 0 Å². The summed E-state index contributed by atoms with van der Waals surface area (Å²) in [4.78, 5) is 4.31. The molecule has 0 amide bonds. The Morgan fingerprint density at radius 1 is 0.903 bits per heavy atom. The normalized spacial score (nSPS) is 11.1. The van der Waals surface area contributed by atoms with Gasteiger partial charge in [0.25, 0.3) is 10.1 Å². The SMILES string of the molecule is O=S(=O)(O)c1ccc(CC#Cc2ccc3ncc(Cc4ccccc4)c(O)c3c2)cc1. The van der Waals surface area contributed by atoms with E-state index in [0.29, 0.717) is 23.7 Å². The van der Waals surface area contributed by atoms with Crippen molar-refractivity contribution in [3.63, 3.8) is 0 Å². The van der Waals surface area contributed by atoms with Crippen molar-refractivity contribution in [2.45, 2.75) is 17.7 Å². The van der Waals surface area contributed by atoms with E-state index in [1.165, 1.54) is 12.1 Å². The molecule has 31 heavy (non-hydrogen) atoms. The Bertz CT molecular complexity index is 1400. The highest BCUT2D eigenvalue weighted by molar-refractivity contribution is 7.85. The number of aromatic hydroxyl groups is 1. The monoisotopic (exact) mass is 429 g/mol. The van der Waals surface area contributed by atoms with Gasteiger partial charge in [-0.1, -0.05) is 54.3 Å². The molecule has 4 aromatic rings. The van der Waals surface area contributed by atoms with Gasteiger partial charge in [-0.15, -0.1) is 0 Å². The quantitative estimate of drug-likeness (QED) is 0.372. The summed E-state index contributed by atoms with van der Waals surface area (Å²) < 4.78 is 31.2. The van der Waals surface area contributed by atoms with Gasteiger partial charge in [0.05, 0.1) is 10.4 Å². The second-order valence-electron chi connectivity index (χ2n) is 7.12. The van der Waals surface area contributed by atoms with Gasteiger partial charge in [-0.05, 0) is 41.5 Å². The number of nitrogens with zero attached hydrogens (tertiary/aromatic N) is 1. The smallest absolute Gasteiger partial charge is 0.294 e. The minimum atomic E-state index is -4.20. The highest BCUT2D eigenvalue weighted by Gasteiger charge is 2.10. The summed E-state index contributed by atoms with van der Waals surface area (Å²) in [5, 5.41) is 11.4. The van der Waals surface area contributed by atoms with Crippen molar-refractivity contribution in [1.29, 1.82) is 0 Å². The maximum absolute atomic E-state index is 11.1. The number of hydrogen-bond acceptors (Lipinski definition) is 4. The number of pyridine rings is 1. The van der Waals surface area contributed by atoms with Crippen molar-refractivity contribution in [3.8, 4) is 17.6 Å². The maximum Gasteiger partial charge on any atom is 0.294 e. The molecule has 0 fully saturated rings. The summed E-state index contributed by atoms with van der Waals surface area (Å²) in [6.07, 6.45) is 2.71. The Balaban J connectivity index is 1.56. The average molecular weight is 429 g/mol. The standard InChI is InChI=1S/C25H19NO4S/c27-25-21(15-19-5-2-1-3-6-19)17-26-24-14-11-20(16-23(24)25)8-4-7-18-9-12-22(13-10-18)31(28,29)30/h1-3,5-6,9-14,16-17H,7,15H2,(H,26,27)(H,28,29,30). The van der Waals surface area contributed by atoms with Crippen molar-refractivity contribution in [1.82, 2.24) is 4.98 Å². The van der Waals surface area contributed by atoms with Crippen LogP contribution < -0.4 is 0 Å². The molecule has 0 aliphatic carbocycles. The van der Waals surface area contributed by atoms with Crippen LogP contribution in [0.3, 0.4) is 0 Å². The predicted octanol–water partition coefficient (Wildman–Crippen LogP) is 4.37. The lowest BCUT2D eigenvalue weighted by atomic mass is 10.0. The Morgan fingerprint density at radius 3 is 2.35 bits per heavy atom. The Hall–Kier alpha value is -3.66. The summed E-state index contributed by atoms with van der Waals surface area (Å²) in [7, 11) is -4.20. The third-order valence-corrected chi connectivity index (χ3v) is 5.77. The molecule has 5 nitrogen and oxygen atoms in total. The van der Waals surface area contributed by atoms with Crippen LogP contribution >= 0.6 is 0 Å². The topological polar surface area (TPSA) is 87.5 Å². The molecule has 1 heterocycles. The number of benzene rings is 3. The molecule has 3 aromatic carbocycles. The van der Waals surface area contributed by atoms with Gasteiger partial charge in [-0.3, -0.25) is 9.54 Å². The van der Waals surface area contributed by atoms with E-state index in [4.69, 9.17) is 4.55 Å². The van der Waals surface area contributed by atoms with Crippen LogP contribution in [-0.2, 0) is 23.0 Å². The van der Waals surface area contributed by atoms with Gasteiger partial charge >= 0.3 is 0 Å². The fourth-order valence-electron chi connectivity index (χ4n) is 3.27. The lowest BCUT2D eigenvalue weighted by Crippen LogP contribution is -1.97. The van der Waals surface area contributed by atoms with E-state index in [0.717, 1.165) is 22.3 Å². The molecule has 0 unspecified atom stereocenters. The lowest BCUT2D eigenvalue weighted by Gasteiger charge is -2.08. The summed E-state index contributed by atoms with van der Waals surface area (Å²) in [5.41, 5.74) is 4.12. The molecule has 0 saturated carbocycles. The molecule has 0 atom stereocenters. The van der Waals surface area contributed by atoms with Crippen molar-refractivity contribution >= 4 is 21.0 Å². The summed E-state index contributed by atoms with van der Waals surface area (Å²) in [5.74, 6) is 6.33. The van der Waals surface area contributed by atoms with Crippen molar-refractivity contribution in [2.24, 2.45) is 0 Å². The van der Waals surface area contributed by atoms with Gasteiger partial charge in [-0.25, -0.2) is 0 Å². The lowest BCUT2D eigenvalue weighted by molar-refractivity contribution is 0.475. The third kappa shape index (κ3) is 4.92. The number of hydrogen-bond donors (Lipinski definition) is 2. The molecule has 0 aliphatic heterocycles. The van der Waals surface area contributed by atoms with Crippen molar-refractivity contribution in [3.05, 3.63) is 101 Å². The third-order valence-electron chi connectivity index (χ3n) is 4.90. The van der Waals surface area contributed by atoms with Gasteiger partial charge in [0.15, 0.2) is 0 Å². The first-order valence-electron chi connectivity index (χ1n) is 9.60. The zero-order valence-corrected chi connectivity index (χ0v) is 17.3. The van der Waals surface area contributed by atoms with E-state index in [9.17, 15) is 13.5 Å². The zero-order valence-electron chi connectivity index (χ0n) is 16.5. The van der Waals surface area contributed by atoms with Gasteiger partial charge in [0.1, 0.15) is 5.75 Å². The Kier molecular flexibility index (Phi) is 5.72. The average Bonchev–Trinajstić information content (AvgIpc) is 2.76. The van der Waals surface area contributed by atoms with E-state index in [1.807, 2.05) is 48.5 Å². The molecule has 1 aromatic heterocycles. The maximum atomic E-state index is 11.1. The molecule has 2 N–H and O–H groups in total. The minimum absolute atomic E-state index is 0.145. The molecule has 6 heteroatoms. The molecule has 4 rings (SSSR count). The molecule has 0 saturated heterocycles. The van der Waals surface area contributed by atoms with Crippen molar-refractivity contribution in [2.75, 3.05) is 0 Å². The number of rotatable bonds is 4. The van der Waals surface area contributed by atoms with Gasteiger partial charge in [0, 0.05) is 35.6 Å². The molecule has 0 bridgehead atoms. The van der Waals surface area contributed by atoms with Crippen LogP contribution in [0.25, 0.3) is 10.9 Å².